The Kier molecular flexibility index (Phi) is 4.19. The minimum atomic E-state index is -0.704. The Morgan fingerprint density at radius 2 is 1.79 bits per heavy atom. The molecule has 0 aliphatic heterocycles. The van der Waals surface area contributed by atoms with E-state index in [0.717, 1.165) is 11.1 Å². The maximum absolute atomic E-state index is 12.2. The summed E-state index contributed by atoms with van der Waals surface area (Å²) in [4.78, 5) is 25.7. The topological polar surface area (TPSA) is 133 Å². The molecule has 4 rings (SSSR count). The van der Waals surface area contributed by atoms with E-state index in [9.17, 15) is 9.90 Å². The number of phenolic OH excluding ortho intramolecular Hbond substituents is 1. The second kappa shape index (κ2) is 6.59. The van der Waals surface area contributed by atoms with Crippen LogP contribution in [-0.2, 0) is 0 Å². The van der Waals surface area contributed by atoms with Crippen molar-refractivity contribution in [3.8, 4) is 22.8 Å². The quantitative estimate of drug-likeness (QED) is 0.494. The van der Waals surface area contributed by atoms with Crippen molar-refractivity contribution in [2.75, 3.05) is 5.73 Å². The Morgan fingerprint density at radius 3 is 2.45 bits per heavy atom. The number of pyridine rings is 1. The molecule has 0 fully saturated rings. The Bertz CT molecular complexity index is 1280. The Labute approximate surface area is 166 Å². The number of aromatic nitrogens is 4. The molecule has 1 amide bonds. The van der Waals surface area contributed by atoms with Crippen LogP contribution in [0.15, 0.2) is 36.7 Å². The predicted molar refractivity (Wildman–Crippen MR) is 111 cm³/mol. The largest absolute Gasteiger partial charge is 0.508 e. The van der Waals surface area contributed by atoms with Crippen molar-refractivity contribution in [3.05, 3.63) is 58.9 Å². The fraction of sp³-hybridized carbons (Fsp3) is 0.143. The van der Waals surface area contributed by atoms with Crippen LogP contribution >= 0.6 is 0 Å². The summed E-state index contributed by atoms with van der Waals surface area (Å²) in [5.74, 6) is -0.468. The van der Waals surface area contributed by atoms with Crippen LogP contribution in [-0.4, -0.2) is 30.5 Å². The first-order valence-electron chi connectivity index (χ1n) is 8.99. The molecule has 0 saturated heterocycles. The summed E-state index contributed by atoms with van der Waals surface area (Å²) in [6.45, 7) is 5.59. The number of fused-ring (bicyclic) bond motifs is 1. The van der Waals surface area contributed by atoms with Gasteiger partial charge in [-0.15, -0.1) is 0 Å². The van der Waals surface area contributed by atoms with Crippen molar-refractivity contribution in [2.24, 2.45) is 5.73 Å². The average Bonchev–Trinajstić information content (AvgIpc) is 2.97. The van der Waals surface area contributed by atoms with Crippen LogP contribution < -0.4 is 11.5 Å². The molecule has 0 unspecified atom stereocenters. The number of nitrogen functional groups attached to an aromatic ring is 1. The highest BCUT2D eigenvalue weighted by atomic mass is 16.3. The number of phenols is 1. The number of hydrogen-bond donors (Lipinski definition) is 3. The van der Waals surface area contributed by atoms with Gasteiger partial charge in [0.25, 0.3) is 5.91 Å². The lowest BCUT2D eigenvalue weighted by molar-refractivity contribution is 0.100. The van der Waals surface area contributed by atoms with E-state index in [1.165, 1.54) is 0 Å². The number of aromatic hydroxyl groups is 1. The minimum Gasteiger partial charge on any atom is -0.508 e. The van der Waals surface area contributed by atoms with Gasteiger partial charge in [0.2, 0.25) is 0 Å². The molecule has 146 valence electrons. The minimum absolute atomic E-state index is 0.0867. The molecular formula is C21H20N6O2. The number of benzene rings is 1. The van der Waals surface area contributed by atoms with Gasteiger partial charge in [0.15, 0.2) is 5.65 Å². The molecule has 29 heavy (non-hydrogen) atoms. The molecule has 4 aromatic rings. The van der Waals surface area contributed by atoms with Gasteiger partial charge in [0, 0.05) is 11.8 Å². The van der Waals surface area contributed by atoms with Gasteiger partial charge in [-0.05, 0) is 44.0 Å². The molecule has 0 bridgehead atoms. The molecular weight excluding hydrogens is 368 g/mol. The third-order valence-electron chi connectivity index (χ3n) is 4.95. The summed E-state index contributed by atoms with van der Waals surface area (Å²) in [6, 6.07) is 7.13. The number of nitrogens with zero attached hydrogens (tertiary/aromatic N) is 4. The highest BCUT2D eigenvalue weighted by Crippen LogP contribution is 2.35. The van der Waals surface area contributed by atoms with Crippen molar-refractivity contribution in [2.45, 2.75) is 20.8 Å². The number of carbonyl (C=O) groups excluding carboxylic acids is 1. The molecule has 3 heterocycles. The van der Waals surface area contributed by atoms with Crippen LogP contribution in [0.1, 0.15) is 27.0 Å². The number of anilines is 1. The number of amides is 1. The van der Waals surface area contributed by atoms with E-state index in [-0.39, 0.29) is 22.6 Å². The molecule has 1 aromatic carbocycles. The summed E-state index contributed by atoms with van der Waals surface area (Å²) < 4.78 is 1.61. The van der Waals surface area contributed by atoms with Gasteiger partial charge in [-0.3, -0.25) is 14.3 Å². The monoisotopic (exact) mass is 388 g/mol. The number of primary amides is 1. The van der Waals surface area contributed by atoms with Gasteiger partial charge >= 0.3 is 0 Å². The maximum atomic E-state index is 12.2. The predicted octanol–water partition coefficient (Wildman–Crippen LogP) is 2.79. The van der Waals surface area contributed by atoms with Crippen LogP contribution in [0.4, 0.5) is 5.82 Å². The lowest BCUT2D eigenvalue weighted by atomic mass is 10.1. The average molecular weight is 388 g/mol. The van der Waals surface area contributed by atoms with Crippen molar-refractivity contribution < 1.29 is 9.90 Å². The van der Waals surface area contributed by atoms with E-state index >= 15 is 0 Å². The summed E-state index contributed by atoms with van der Waals surface area (Å²) in [5, 5.41) is 10.2. The molecule has 0 atom stereocenters. The van der Waals surface area contributed by atoms with E-state index in [1.807, 2.05) is 26.0 Å². The Hall–Kier alpha value is -3.94. The van der Waals surface area contributed by atoms with E-state index in [2.05, 4.69) is 15.0 Å². The highest BCUT2D eigenvalue weighted by Gasteiger charge is 2.25. The SMILES string of the molecule is Cc1ccc(-c2cnc3c(n2)c(C(N)=O)c(N)n3-c2c(C)ccc(O)c2C)nc1. The number of nitrogens with two attached hydrogens (primary N) is 2. The van der Waals surface area contributed by atoms with E-state index in [1.54, 1.807) is 36.0 Å². The van der Waals surface area contributed by atoms with Crippen LogP contribution in [0, 0.1) is 20.8 Å². The van der Waals surface area contributed by atoms with Crippen molar-refractivity contribution in [1.82, 2.24) is 19.5 Å². The fourth-order valence-corrected chi connectivity index (χ4v) is 3.44. The van der Waals surface area contributed by atoms with Gasteiger partial charge in [0.1, 0.15) is 28.3 Å². The molecule has 0 spiro atoms. The third-order valence-corrected chi connectivity index (χ3v) is 4.95. The summed E-state index contributed by atoms with van der Waals surface area (Å²) in [7, 11) is 0. The Balaban J connectivity index is 2.06. The molecule has 3 aromatic heterocycles. The maximum Gasteiger partial charge on any atom is 0.254 e. The van der Waals surface area contributed by atoms with E-state index in [0.29, 0.717) is 28.3 Å². The van der Waals surface area contributed by atoms with Gasteiger partial charge in [-0.2, -0.15) is 0 Å². The zero-order chi connectivity index (χ0) is 20.9. The van der Waals surface area contributed by atoms with Crippen molar-refractivity contribution in [3.63, 3.8) is 0 Å². The first kappa shape index (κ1) is 18.4. The zero-order valence-corrected chi connectivity index (χ0v) is 16.3. The van der Waals surface area contributed by atoms with Crippen LogP contribution in [0.2, 0.25) is 0 Å². The first-order chi connectivity index (χ1) is 13.8. The summed E-state index contributed by atoms with van der Waals surface area (Å²) in [5.41, 5.74) is 16.9. The summed E-state index contributed by atoms with van der Waals surface area (Å²) >= 11 is 0. The normalized spacial score (nSPS) is 11.1. The zero-order valence-electron chi connectivity index (χ0n) is 16.3. The molecule has 0 aliphatic carbocycles. The smallest absolute Gasteiger partial charge is 0.254 e. The molecule has 8 heteroatoms. The summed E-state index contributed by atoms with van der Waals surface area (Å²) in [6.07, 6.45) is 3.31. The van der Waals surface area contributed by atoms with Gasteiger partial charge in [0.05, 0.1) is 17.6 Å². The standard InChI is InChI=1S/C21H20N6O2/c1-10-4-6-13(24-8-10)14-9-25-21-17(26-14)16(20(23)29)19(22)27(21)18-11(2)5-7-15(28)12(18)3/h4-9,28H,22H2,1-3H3,(H2,23,29). The molecule has 5 N–H and O–H groups in total. The van der Waals surface area contributed by atoms with Crippen molar-refractivity contribution in [1.29, 1.82) is 0 Å². The molecule has 0 saturated carbocycles. The lowest BCUT2D eigenvalue weighted by Crippen LogP contribution is -2.14. The third kappa shape index (κ3) is 2.85. The van der Waals surface area contributed by atoms with E-state index in [4.69, 9.17) is 11.5 Å². The highest BCUT2D eigenvalue weighted by molar-refractivity contribution is 6.09. The van der Waals surface area contributed by atoms with Crippen LogP contribution in [0.5, 0.6) is 5.75 Å². The number of carbonyl (C=O) groups is 1. The van der Waals surface area contributed by atoms with Gasteiger partial charge in [-0.25, -0.2) is 9.97 Å². The molecule has 0 aliphatic rings. The second-order valence-corrected chi connectivity index (χ2v) is 6.98. The molecule has 0 radical (unpaired) electrons. The number of rotatable bonds is 3. The van der Waals surface area contributed by atoms with E-state index < -0.39 is 5.91 Å². The molecule has 8 nitrogen and oxygen atoms in total. The lowest BCUT2D eigenvalue weighted by Gasteiger charge is -2.15. The van der Waals surface area contributed by atoms with Crippen molar-refractivity contribution >= 4 is 22.9 Å². The fourth-order valence-electron chi connectivity index (χ4n) is 3.44. The van der Waals surface area contributed by atoms with Crippen LogP contribution in [0.25, 0.3) is 28.2 Å². The van der Waals surface area contributed by atoms with Gasteiger partial charge in [-0.1, -0.05) is 12.1 Å². The Morgan fingerprint density at radius 1 is 1.03 bits per heavy atom. The number of hydrogen-bond acceptors (Lipinski definition) is 6. The second-order valence-electron chi connectivity index (χ2n) is 6.98. The van der Waals surface area contributed by atoms with Crippen LogP contribution in [0.3, 0.4) is 0 Å². The number of aryl methyl sites for hydroxylation is 2. The van der Waals surface area contributed by atoms with Gasteiger partial charge < -0.3 is 16.6 Å². The first-order valence-corrected chi connectivity index (χ1v) is 8.99.